The fourth-order valence-corrected chi connectivity index (χ4v) is 4.99. The highest BCUT2D eigenvalue weighted by atomic mass is 16.1. The number of nitrogens with one attached hydrogen (secondary N) is 1. The first-order valence-corrected chi connectivity index (χ1v) is 10.5. The number of aryl methyl sites for hydroxylation is 2. The average Bonchev–Trinajstić information content (AvgIpc) is 3.26. The van der Waals surface area contributed by atoms with Crippen molar-refractivity contribution < 1.29 is 0 Å². The highest BCUT2D eigenvalue weighted by Crippen LogP contribution is 2.44. The molecule has 1 spiro atoms. The van der Waals surface area contributed by atoms with Gasteiger partial charge >= 0.3 is 0 Å². The lowest BCUT2D eigenvalue weighted by molar-refractivity contribution is 0.149. The largest absolute Gasteiger partial charge is 0.311 e. The summed E-state index contributed by atoms with van der Waals surface area (Å²) < 4.78 is 1.97. The van der Waals surface area contributed by atoms with Crippen molar-refractivity contribution in [3.63, 3.8) is 0 Å². The quantitative estimate of drug-likeness (QED) is 0.748. The van der Waals surface area contributed by atoms with E-state index in [9.17, 15) is 4.79 Å². The molecule has 6 heteroatoms. The number of nitrogens with zero attached hydrogens (tertiary/aromatic N) is 4. The van der Waals surface area contributed by atoms with Crippen molar-refractivity contribution in [1.82, 2.24) is 24.6 Å². The summed E-state index contributed by atoms with van der Waals surface area (Å²) in [4.78, 5) is 22.5. The van der Waals surface area contributed by atoms with Gasteiger partial charge < -0.3 is 4.98 Å². The summed E-state index contributed by atoms with van der Waals surface area (Å²) in [5, 5.41) is 4.71. The number of hydrogen-bond acceptors (Lipinski definition) is 4. The second-order valence-corrected chi connectivity index (χ2v) is 8.55. The second kappa shape index (κ2) is 6.95. The molecule has 2 aromatic heterocycles. The first-order valence-electron chi connectivity index (χ1n) is 10.5. The van der Waals surface area contributed by atoms with E-state index in [1.165, 1.54) is 5.56 Å². The van der Waals surface area contributed by atoms with Gasteiger partial charge in [-0.15, -0.1) is 0 Å². The summed E-state index contributed by atoms with van der Waals surface area (Å²) >= 11 is 0. The van der Waals surface area contributed by atoms with Crippen LogP contribution in [0.4, 0.5) is 0 Å². The smallest absolute Gasteiger partial charge is 0.254 e. The lowest BCUT2D eigenvalue weighted by Crippen LogP contribution is -2.42. The predicted octanol–water partition coefficient (Wildman–Crippen LogP) is 3.05. The van der Waals surface area contributed by atoms with E-state index < -0.39 is 0 Å². The first-order chi connectivity index (χ1) is 14.0. The first kappa shape index (κ1) is 18.3. The van der Waals surface area contributed by atoms with Crippen LogP contribution >= 0.6 is 0 Å². The number of para-hydroxylation sites is 1. The summed E-state index contributed by atoms with van der Waals surface area (Å²) in [5.74, 6) is 0.737. The zero-order valence-corrected chi connectivity index (χ0v) is 17.1. The summed E-state index contributed by atoms with van der Waals surface area (Å²) in [6.45, 7) is 6.96. The Hall–Kier alpha value is -2.73. The molecule has 1 aliphatic carbocycles. The lowest BCUT2D eigenvalue weighted by Gasteiger charge is -2.39. The van der Waals surface area contributed by atoms with Gasteiger partial charge in [-0.25, -0.2) is 9.67 Å². The SMILES string of the molecule is Cc1nc2c(c(=O)[nH]1)CCC21CCN(Cc2cn(-c3ccccc3)nc2C)CC1. The van der Waals surface area contributed by atoms with Crippen LogP contribution in [0.2, 0.25) is 0 Å². The normalized spacial score (nSPS) is 18.3. The van der Waals surface area contributed by atoms with Crippen molar-refractivity contribution in [2.24, 2.45) is 0 Å². The molecule has 0 amide bonds. The Morgan fingerprint density at radius 3 is 2.62 bits per heavy atom. The Labute approximate surface area is 170 Å². The number of hydrogen-bond donors (Lipinski definition) is 1. The molecule has 0 saturated carbocycles. The molecule has 2 aliphatic rings. The number of aromatic nitrogens is 4. The van der Waals surface area contributed by atoms with E-state index in [4.69, 9.17) is 10.1 Å². The number of aromatic amines is 1. The van der Waals surface area contributed by atoms with Crippen molar-refractivity contribution in [2.75, 3.05) is 13.1 Å². The summed E-state index contributed by atoms with van der Waals surface area (Å²) in [7, 11) is 0. The van der Waals surface area contributed by atoms with Crippen LogP contribution in [0.5, 0.6) is 0 Å². The average molecular weight is 390 g/mol. The van der Waals surface area contributed by atoms with Crippen molar-refractivity contribution in [1.29, 1.82) is 0 Å². The maximum absolute atomic E-state index is 12.3. The van der Waals surface area contributed by atoms with E-state index in [1.807, 2.05) is 29.8 Å². The summed E-state index contributed by atoms with van der Waals surface area (Å²) in [5.41, 5.74) is 5.61. The van der Waals surface area contributed by atoms with Crippen LogP contribution in [-0.2, 0) is 18.4 Å². The molecule has 0 unspecified atom stereocenters. The Morgan fingerprint density at radius 1 is 1.10 bits per heavy atom. The van der Waals surface area contributed by atoms with Gasteiger partial charge in [-0.1, -0.05) is 18.2 Å². The van der Waals surface area contributed by atoms with Gasteiger partial charge in [-0.05, 0) is 64.8 Å². The van der Waals surface area contributed by atoms with E-state index >= 15 is 0 Å². The third kappa shape index (κ3) is 3.21. The van der Waals surface area contributed by atoms with Gasteiger partial charge in [0.05, 0.1) is 17.1 Å². The van der Waals surface area contributed by atoms with Crippen LogP contribution in [0, 0.1) is 13.8 Å². The molecule has 0 bridgehead atoms. The zero-order valence-electron chi connectivity index (χ0n) is 17.1. The molecule has 1 N–H and O–H groups in total. The standard InChI is InChI=1S/C23H27N5O/c1-16-18(15-28(26-16)19-6-4-3-5-7-19)14-27-12-10-23(11-13-27)9-8-20-21(23)24-17(2)25-22(20)29/h3-7,15H,8-14H2,1-2H3,(H,24,25,29). The number of likely N-dealkylation sites (tertiary alicyclic amines) is 1. The van der Waals surface area contributed by atoms with Gasteiger partial charge in [0.1, 0.15) is 5.82 Å². The number of fused-ring (bicyclic) bond motifs is 2. The number of piperidine rings is 1. The van der Waals surface area contributed by atoms with E-state index in [2.05, 4.69) is 35.1 Å². The zero-order chi connectivity index (χ0) is 20.0. The molecular formula is C23H27N5O. The maximum Gasteiger partial charge on any atom is 0.254 e. The molecule has 0 radical (unpaired) electrons. The van der Waals surface area contributed by atoms with Gasteiger partial charge in [0.25, 0.3) is 5.56 Å². The molecule has 6 nitrogen and oxygen atoms in total. The topological polar surface area (TPSA) is 66.8 Å². The molecule has 1 saturated heterocycles. The lowest BCUT2D eigenvalue weighted by atomic mass is 9.76. The summed E-state index contributed by atoms with van der Waals surface area (Å²) in [6.07, 6.45) is 6.22. The van der Waals surface area contributed by atoms with Crippen LogP contribution in [0.25, 0.3) is 5.69 Å². The van der Waals surface area contributed by atoms with E-state index in [1.54, 1.807) is 0 Å². The molecule has 3 heterocycles. The highest BCUT2D eigenvalue weighted by molar-refractivity contribution is 5.34. The van der Waals surface area contributed by atoms with Crippen LogP contribution in [0.15, 0.2) is 41.3 Å². The number of H-pyrrole nitrogens is 1. The third-order valence-electron chi connectivity index (χ3n) is 6.72. The Kier molecular flexibility index (Phi) is 4.39. The molecular weight excluding hydrogens is 362 g/mol. The summed E-state index contributed by atoms with van der Waals surface area (Å²) in [6, 6.07) is 10.3. The monoisotopic (exact) mass is 389 g/mol. The fraction of sp³-hybridized carbons (Fsp3) is 0.435. The Balaban J connectivity index is 1.31. The molecule has 0 atom stereocenters. The predicted molar refractivity (Wildman–Crippen MR) is 112 cm³/mol. The van der Waals surface area contributed by atoms with Crippen LogP contribution in [-0.4, -0.2) is 37.7 Å². The molecule has 150 valence electrons. The van der Waals surface area contributed by atoms with Crippen molar-refractivity contribution in [2.45, 2.75) is 51.5 Å². The minimum atomic E-state index is 0.0655. The Bertz CT molecular complexity index is 1090. The molecule has 1 aromatic carbocycles. The van der Waals surface area contributed by atoms with Crippen molar-refractivity contribution >= 4 is 0 Å². The Morgan fingerprint density at radius 2 is 1.86 bits per heavy atom. The van der Waals surface area contributed by atoms with Gasteiger partial charge in [-0.2, -0.15) is 5.10 Å². The van der Waals surface area contributed by atoms with Crippen LogP contribution in [0.3, 0.4) is 0 Å². The third-order valence-corrected chi connectivity index (χ3v) is 6.72. The molecule has 1 aliphatic heterocycles. The highest BCUT2D eigenvalue weighted by Gasteiger charge is 2.43. The van der Waals surface area contributed by atoms with Crippen LogP contribution < -0.4 is 5.56 Å². The van der Waals surface area contributed by atoms with Crippen molar-refractivity contribution in [3.8, 4) is 5.69 Å². The minimum absolute atomic E-state index is 0.0655. The molecule has 3 aromatic rings. The molecule has 29 heavy (non-hydrogen) atoms. The molecule has 5 rings (SSSR count). The number of benzene rings is 1. The van der Waals surface area contributed by atoms with Gasteiger partial charge in [-0.3, -0.25) is 9.69 Å². The maximum atomic E-state index is 12.3. The van der Waals surface area contributed by atoms with E-state index in [-0.39, 0.29) is 11.0 Å². The minimum Gasteiger partial charge on any atom is -0.311 e. The van der Waals surface area contributed by atoms with E-state index in [0.717, 1.165) is 73.8 Å². The van der Waals surface area contributed by atoms with Crippen molar-refractivity contribution in [3.05, 3.63) is 75.2 Å². The van der Waals surface area contributed by atoms with Gasteiger partial charge in [0.15, 0.2) is 0 Å². The van der Waals surface area contributed by atoms with Crippen LogP contribution in [0.1, 0.15) is 47.6 Å². The number of rotatable bonds is 3. The fourth-order valence-electron chi connectivity index (χ4n) is 4.99. The van der Waals surface area contributed by atoms with E-state index in [0.29, 0.717) is 0 Å². The van der Waals surface area contributed by atoms with Gasteiger partial charge in [0, 0.05) is 29.3 Å². The van der Waals surface area contributed by atoms with Gasteiger partial charge in [0.2, 0.25) is 0 Å². The molecule has 1 fully saturated rings. The second-order valence-electron chi connectivity index (χ2n) is 8.55.